The molecule has 0 amide bonds. The molecular formula is C11H12ClFO2. The largest absolute Gasteiger partial charge is 0.462 e. The van der Waals surface area contributed by atoms with Crippen LogP contribution < -0.4 is 4.74 Å². The number of rotatable bonds is 2. The molecule has 0 bridgehead atoms. The first-order chi connectivity index (χ1) is 7.25. The minimum atomic E-state index is -0.409. The summed E-state index contributed by atoms with van der Waals surface area (Å²) in [7, 11) is 0. The Bertz CT molecular complexity index is 337. The van der Waals surface area contributed by atoms with Crippen molar-refractivity contribution in [2.45, 2.75) is 25.6 Å². The van der Waals surface area contributed by atoms with E-state index in [4.69, 9.17) is 21.1 Å². The molecule has 2 nitrogen and oxygen atoms in total. The first kappa shape index (κ1) is 10.7. The van der Waals surface area contributed by atoms with E-state index in [1.165, 1.54) is 18.2 Å². The van der Waals surface area contributed by atoms with E-state index < -0.39 is 5.82 Å². The van der Waals surface area contributed by atoms with Gasteiger partial charge in [-0.3, -0.25) is 0 Å². The summed E-state index contributed by atoms with van der Waals surface area (Å²) >= 11 is 5.75. The van der Waals surface area contributed by atoms with E-state index in [9.17, 15) is 4.39 Å². The molecule has 0 N–H and O–H groups in total. The molecule has 15 heavy (non-hydrogen) atoms. The number of halogens is 2. The highest BCUT2D eigenvalue weighted by molar-refractivity contribution is 6.30. The summed E-state index contributed by atoms with van der Waals surface area (Å²) in [4.78, 5) is 0. The minimum absolute atomic E-state index is 0.161. The lowest BCUT2D eigenvalue weighted by Gasteiger charge is -2.23. The summed E-state index contributed by atoms with van der Waals surface area (Å²) in [6.45, 7) is 0.673. The predicted octanol–water partition coefficient (Wildman–Crippen LogP) is 3.38. The summed E-state index contributed by atoms with van der Waals surface area (Å²) in [6, 6.07) is 4.25. The van der Waals surface area contributed by atoms with Gasteiger partial charge >= 0.3 is 0 Å². The minimum Gasteiger partial charge on any atom is -0.462 e. The van der Waals surface area contributed by atoms with Gasteiger partial charge in [0.05, 0.1) is 6.61 Å². The predicted molar refractivity (Wildman–Crippen MR) is 55.6 cm³/mol. The van der Waals surface area contributed by atoms with Crippen molar-refractivity contribution in [3.8, 4) is 5.75 Å². The second-order valence-corrected chi connectivity index (χ2v) is 3.93. The fourth-order valence-corrected chi connectivity index (χ4v) is 1.68. The molecule has 1 aromatic rings. The Labute approximate surface area is 92.9 Å². The van der Waals surface area contributed by atoms with E-state index in [1.54, 1.807) is 0 Å². The van der Waals surface area contributed by atoms with Crippen LogP contribution in [0.4, 0.5) is 4.39 Å². The van der Waals surface area contributed by atoms with Gasteiger partial charge in [0.15, 0.2) is 17.9 Å². The van der Waals surface area contributed by atoms with Crippen molar-refractivity contribution in [3.63, 3.8) is 0 Å². The second-order valence-electron chi connectivity index (χ2n) is 3.49. The number of ether oxygens (including phenoxy) is 2. The quantitative estimate of drug-likeness (QED) is 0.776. The van der Waals surface area contributed by atoms with Crippen molar-refractivity contribution in [1.29, 1.82) is 0 Å². The van der Waals surface area contributed by atoms with Crippen molar-refractivity contribution in [1.82, 2.24) is 0 Å². The molecule has 0 saturated carbocycles. The third-order valence-electron chi connectivity index (χ3n) is 2.29. The van der Waals surface area contributed by atoms with E-state index >= 15 is 0 Å². The van der Waals surface area contributed by atoms with Crippen LogP contribution in [-0.2, 0) is 4.74 Å². The third-order valence-corrected chi connectivity index (χ3v) is 2.52. The standard InChI is InChI=1S/C11H12ClFO2/c12-8-4-5-9(13)10(7-8)15-11-3-1-2-6-14-11/h4-5,7,11H,1-3,6H2/t11-/m1/s1. The Morgan fingerprint density at radius 3 is 3.00 bits per heavy atom. The highest BCUT2D eigenvalue weighted by atomic mass is 35.5. The van der Waals surface area contributed by atoms with E-state index in [2.05, 4.69) is 0 Å². The van der Waals surface area contributed by atoms with Gasteiger partial charge in [0.1, 0.15) is 0 Å². The van der Waals surface area contributed by atoms with Crippen LogP contribution in [0.3, 0.4) is 0 Å². The fourth-order valence-electron chi connectivity index (χ4n) is 1.51. The van der Waals surface area contributed by atoms with Gasteiger partial charge in [-0.1, -0.05) is 11.6 Å². The normalized spacial score (nSPS) is 21.3. The van der Waals surface area contributed by atoms with E-state index in [1.807, 2.05) is 0 Å². The molecule has 1 saturated heterocycles. The molecule has 1 fully saturated rings. The number of benzene rings is 1. The van der Waals surface area contributed by atoms with Crippen molar-refractivity contribution in [2.75, 3.05) is 6.61 Å². The van der Waals surface area contributed by atoms with Gasteiger partial charge in [-0.15, -0.1) is 0 Å². The monoisotopic (exact) mass is 230 g/mol. The Morgan fingerprint density at radius 2 is 2.27 bits per heavy atom. The van der Waals surface area contributed by atoms with Crippen LogP contribution in [0.5, 0.6) is 5.75 Å². The highest BCUT2D eigenvalue weighted by Gasteiger charge is 2.17. The molecule has 1 aliphatic rings. The molecule has 1 heterocycles. The van der Waals surface area contributed by atoms with Gasteiger partial charge in [-0.05, 0) is 25.0 Å². The average molecular weight is 231 g/mol. The molecular weight excluding hydrogens is 219 g/mol. The number of hydrogen-bond acceptors (Lipinski definition) is 2. The van der Waals surface area contributed by atoms with Gasteiger partial charge in [0, 0.05) is 17.5 Å². The topological polar surface area (TPSA) is 18.5 Å². The molecule has 0 unspecified atom stereocenters. The van der Waals surface area contributed by atoms with Crippen LogP contribution in [0, 0.1) is 5.82 Å². The van der Waals surface area contributed by atoms with Crippen LogP contribution in [0.15, 0.2) is 18.2 Å². The summed E-state index contributed by atoms with van der Waals surface area (Å²) in [5.74, 6) is -0.247. The lowest BCUT2D eigenvalue weighted by molar-refractivity contribution is -0.107. The Kier molecular flexibility index (Phi) is 3.44. The lowest BCUT2D eigenvalue weighted by atomic mass is 10.2. The zero-order valence-corrected chi connectivity index (χ0v) is 8.97. The maximum atomic E-state index is 13.3. The second kappa shape index (κ2) is 4.81. The van der Waals surface area contributed by atoms with Crippen LogP contribution in [0.25, 0.3) is 0 Å². The average Bonchev–Trinajstić information content (AvgIpc) is 2.25. The summed E-state index contributed by atoms with van der Waals surface area (Å²) in [5, 5.41) is 0.460. The van der Waals surface area contributed by atoms with Gasteiger partial charge in [0.25, 0.3) is 0 Å². The maximum Gasteiger partial charge on any atom is 0.199 e. The smallest absolute Gasteiger partial charge is 0.199 e. The molecule has 4 heteroatoms. The van der Waals surface area contributed by atoms with Gasteiger partial charge in [-0.2, -0.15) is 0 Å². The van der Waals surface area contributed by atoms with Crippen LogP contribution in [-0.4, -0.2) is 12.9 Å². The molecule has 0 aromatic heterocycles. The summed E-state index contributed by atoms with van der Waals surface area (Å²) in [6.07, 6.45) is 2.54. The fraction of sp³-hybridized carbons (Fsp3) is 0.455. The zero-order valence-electron chi connectivity index (χ0n) is 8.21. The summed E-state index contributed by atoms with van der Waals surface area (Å²) in [5.41, 5.74) is 0. The Balaban J connectivity index is 2.05. The van der Waals surface area contributed by atoms with Crippen LogP contribution >= 0.6 is 11.6 Å². The molecule has 1 aliphatic heterocycles. The van der Waals surface area contributed by atoms with Gasteiger partial charge < -0.3 is 9.47 Å². The molecule has 0 spiro atoms. The molecule has 82 valence electrons. The van der Waals surface area contributed by atoms with Crippen LogP contribution in [0.2, 0.25) is 5.02 Å². The van der Waals surface area contributed by atoms with Crippen molar-refractivity contribution < 1.29 is 13.9 Å². The molecule has 1 atom stereocenters. The molecule has 0 radical (unpaired) electrons. The van der Waals surface area contributed by atoms with Gasteiger partial charge in [0.2, 0.25) is 0 Å². The van der Waals surface area contributed by atoms with Crippen LogP contribution in [0.1, 0.15) is 19.3 Å². The molecule has 2 rings (SSSR count). The highest BCUT2D eigenvalue weighted by Crippen LogP contribution is 2.25. The van der Waals surface area contributed by atoms with Crippen molar-refractivity contribution in [3.05, 3.63) is 29.0 Å². The SMILES string of the molecule is Fc1ccc(Cl)cc1O[C@@H]1CCCCO1. The Hall–Kier alpha value is -0.800. The first-order valence-corrected chi connectivity index (χ1v) is 5.37. The number of hydrogen-bond donors (Lipinski definition) is 0. The first-order valence-electron chi connectivity index (χ1n) is 4.99. The van der Waals surface area contributed by atoms with E-state index in [0.717, 1.165) is 19.3 Å². The molecule has 0 aliphatic carbocycles. The maximum absolute atomic E-state index is 13.3. The molecule has 1 aromatic carbocycles. The van der Waals surface area contributed by atoms with E-state index in [0.29, 0.717) is 11.6 Å². The zero-order chi connectivity index (χ0) is 10.7. The van der Waals surface area contributed by atoms with Crippen molar-refractivity contribution >= 4 is 11.6 Å². The Morgan fingerprint density at radius 1 is 1.40 bits per heavy atom. The van der Waals surface area contributed by atoms with Gasteiger partial charge in [-0.25, -0.2) is 4.39 Å². The van der Waals surface area contributed by atoms with Crippen molar-refractivity contribution in [2.24, 2.45) is 0 Å². The van der Waals surface area contributed by atoms with E-state index in [-0.39, 0.29) is 12.0 Å². The summed E-state index contributed by atoms with van der Waals surface area (Å²) < 4.78 is 24.0. The lowest BCUT2D eigenvalue weighted by Crippen LogP contribution is -2.25. The third kappa shape index (κ3) is 2.83.